The van der Waals surface area contributed by atoms with E-state index in [1.807, 2.05) is 6.92 Å². The minimum atomic E-state index is -0.778. The number of aliphatic hydroxyl groups is 1. The lowest BCUT2D eigenvalue weighted by molar-refractivity contribution is -0.235. The Balaban J connectivity index is 1.52. The number of hydrogen-bond donors (Lipinski definition) is 1. The lowest BCUT2D eigenvalue weighted by Gasteiger charge is -2.58. The average molecular weight is 547 g/mol. The summed E-state index contributed by atoms with van der Waals surface area (Å²) in [6.45, 7) is 8.71. The number of esters is 2. The second-order valence-corrected chi connectivity index (χ2v) is 12.1. The van der Waals surface area contributed by atoms with Gasteiger partial charge in [-0.25, -0.2) is 9.59 Å². The molecule has 3 aliphatic heterocycles. The van der Waals surface area contributed by atoms with Crippen LogP contribution in [0.1, 0.15) is 53.4 Å². The van der Waals surface area contributed by atoms with Crippen molar-refractivity contribution >= 4 is 11.9 Å². The van der Waals surface area contributed by atoms with Crippen LogP contribution in [0.4, 0.5) is 0 Å². The number of allylic oxidation sites excluding steroid dienone is 3. The van der Waals surface area contributed by atoms with Gasteiger partial charge < -0.3 is 33.5 Å². The maximum atomic E-state index is 13.4. The van der Waals surface area contributed by atoms with Gasteiger partial charge in [-0.05, 0) is 39.0 Å². The van der Waals surface area contributed by atoms with Crippen LogP contribution < -0.4 is 0 Å². The van der Waals surface area contributed by atoms with Crippen molar-refractivity contribution in [1.29, 1.82) is 0 Å². The van der Waals surface area contributed by atoms with Gasteiger partial charge in [0.1, 0.15) is 24.4 Å². The van der Waals surface area contributed by atoms with E-state index in [1.165, 1.54) is 18.8 Å². The Morgan fingerprint density at radius 3 is 2.64 bits per heavy atom. The SMILES string of the molecule is COC1C(=O)OCC23CCC(C)=CC2OC2CC(OC(=O)/C=C\C=C\C(C(C)O)OCCC1C)C3(C)C21CO1. The number of aliphatic hydroxyl groups excluding tert-OH is 1. The van der Waals surface area contributed by atoms with E-state index in [1.54, 1.807) is 25.2 Å². The van der Waals surface area contributed by atoms with Crippen molar-refractivity contribution in [1.82, 2.24) is 0 Å². The van der Waals surface area contributed by atoms with Crippen LogP contribution in [0.25, 0.3) is 0 Å². The molecule has 2 bridgehead atoms. The number of epoxide rings is 1. The zero-order chi connectivity index (χ0) is 28.0. The molecule has 2 spiro atoms. The van der Waals surface area contributed by atoms with Crippen LogP contribution in [0.3, 0.4) is 0 Å². The lowest BCUT2D eigenvalue weighted by atomic mass is 9.51. The van der Waals surface area contributed by atoms with Crippen LogP contribution in [-0.4, -0.2) is 86.2 Å². The Hall–Kier alpha value is -2.04. The van der Waals surface area contributed by atoms with Crippen LogP contribution in [0.15, 0.2) is 36.0 Å². The summed E-state index contributed by atoms with van der Waals surface area (Å²) in [4.78, 5) is 26.4. The first-order valence-electron chi connectivity index (χ1n) is 14.1. The van der Waals surface area contributed by atoms with E-state index in [4.69, 9.17) is 28.4 Å². The molecule has 0 aromatic rings. The lowest BCUT2D eigenvalue weighted by Crippen LogP contribution is -2.67. The van der Waals surface area contributed by atoms with Gasteiger partial charge >= 0.3 is 11.9 Å². The van der Waals surface area contributed by atoms with Gasteiger partial charge in [0, 0.05) is 31.6 Å². The third-order valence-electron chi connectivity index (χ3n) is 9.95. The van der Waals surface area contributed by atoms with Crippen LogP contribution >= 0.6 is 0 Å². The fourth-order valence-corrected chi connectivity index (χ4v) is 7.36. The number of carbonyl (C=O) groups excluding carboxylic acids is 2. The van der Waals surface area contributed by atoms with E-state index < -0.39 is 52.8 Å². The first-order valence-corrected chi connectivity index (χ1v) is 14.1. The van der Waals surface area contributed by atoms with Crippen molar-refractivity contribution < 1.29 is 43.1 Å². The fraction of sp³-hybridized carbons (Fsp3) is 0.733. The number of methoxy groups -OCH3 is 1. The predicted octanol–water partition coefficient (Wildman–Crippen LogP) is 3.05. The van der Waals surface area contributed by atoms with Gasteiger partial charge in [0.25, 0.3) is 0 Å². The van der Waals surface area contributed by atoms with Gasteiger partial charge in [-0.3, -0.25) is 0 Å². The highest BCUT2D eigenvalue weighted by Crippen LogP contribution is 2.72. The number of carbonyl (C=O) groups is 2. The zero-order valence-corrected chi connectivity index (χ0v) is 23.6. The maximum Gasteiger partial charge on any atom is 0.335 e. The molecule has 9 heteroatoms. The summed E-state index contributed by atoms with van der Waals surface area (Å²) in [5, 5.41) is 10.1. The molecule has 3 fully saturated rings. The largest absolute Gasteiger partial charge is 0.463 e. The molecule has 3 heterocycles. The number of ether oxygens (including phenoxy) is 6. The molecule has 1 N–H and O–H groups in total. The Kier molecular flexibility index (Phi) is 7.85. The second kappa shape index (κ2) is 10.7. The fourth-order valence-electron chi connectivity index (χ4n) is 7.36. The maximum absolute atomic E-state index is 13.4. The Morgan fingerprint density at radius 2 is 1.95 bits per heavy atom. The normalized spacial score (nSPS) is 47.1. The van der Waals surface area contributed by atoms with Crippen LogP contribution in [0.2, 0.25) is 0 Å². The average Bonchev–Trinajstić information content (AvgIpc) is 3.67. The Morgan fingerprint density at radius 1 is 1.18 bits per heavy atom. The third kappa shape index (κ3) is 4.70. The smallest absolute Gasteiger partial charge is 0.335 e. The molecule has 0 amide bonds. The molecule has 5 rings (SSSR count). The van der Waals surface area contributed by atoms with Crippen molar-refractivity contribution in [3.05, 3.63) is 36.0 Å². The van der Waals surface area contributed by atoms with Crippen molar-refractivity contribution in [3.63, 3.8) is 0 Å². The molecule has 9 nitrogen and oxygen atoms in total. The molecule has 39 heavy (non-hydrogen) atoms. The van der Waals surface area contributed by atoms with Crippen molar-refractivity contribution in [2.24, 2.45) is 16.7 Å². The van der Waals surface area contributed by atoms with E-state index >= 15 is 0 Å². The molecular formula is C30H42O9. The quantitative estimate of drug-likeness (QED) is 0.317. The van der Waals surface area contributed by atoms with Crippen LogP contribution in [-0.2, 0) is 38.0 Å². The van der Waals surface area contributed by atoms with E-state index in [2.05, 4.69) is 19.9 Å². The number of rotatable bonds is 2. The molecule has 0 aromatic carbocycles. The summed E-state index contributed by atoms with van der Waals surface area (Å²) in [5.74, 6) is -1.09. The van der Waals surface area contributed by atoms with Gasteiger partial charge in [0.2, 0.25) is 0 Å². The minimum Gasteiger partial charge on any atom is -0.463 e. The zero-order valence-electron chi connectivity index (χ0n) is 23.6. The number of cyclic esters (lactones) is 1. The van der Waals surface area contributed by atoms with Gasteiger partial charge in [-0.15, -0.1) is 0 Å². The van der Waals surface area contributed by atoms with E-state index in [-0.39, 0.29) is 24.7 Å². The topological polar surface area (TPSA) is 113 Å². The van der Waals surface area contributed by atoms with E-state index in [0.29, 0.717) is 26.1 Å². The standard InChI is InChI=1S/C30H42O9/c1-18-10-12-29-16-36-27(33)26(34-5)19(2)11-13-35-21(20(3)31)8-6-7-9-25(32)39-22-15-24(38-23(29)14-18)30(17-37-30)28(22,29)4/h6-9,14,19-24,26,31H,10-13,15-17H2,1-5H3/b8-6+,9-7-. The summed E-state index contributed by atoms with van der Waals surface area (Å²) in [5.41, 5.74) is -0.620. The molecule has 5 aliphatic rings. The van der Waals surface area contributed by atoms with Crippen LogP contribution in [0, 0.1) is 16.7 Å². The van der Waals surface area contributed by atoms with Crippen LogP contribution in [0.5, 0.6) is 0 Å². The first kappa shape index (κ1) is 28.5. The molecule has 1 saturated carbocycles. The van der Waals surface area contributed by atoms with Gasteiger partial charge in [-0.2, -0.15) is 0 Å². The summed E-state index contributed by atoms with van der Waals surface area (Å²) < 4.78 is 36.5. The molecular weight excluding hydrogens is 504 g/mol. The molecule has 10 unspecified atom stereocenters. The van der Waals surface area contributed by atoms with Gasteiger partial charge in [0.05, 0.1) is 30.3 Å². The monoisotopic (exact) mass is 546 g/mol. The van der Waals surface area contributed by atoms with E-state index in [9.17, 15) is 14.7 Å². The molecule has 216 valence electrons. The first-order chi connectivity index (χ1) is 18.6. The molecule has 2 saturated heterocycles. The highest BCUT2D eigenvalue weighted by molar-refractivity contribution is 5.82. The van der Waals surface area contributed by atoms with Crippen molar-refractivity contribution in [2.75, 3.05) is 26.9 Å². The summed E-state index contributed by atoms with van der Waals surface area (Å²) in [7, 11) is 1.51. The number of hydrogen-bond acceptors (Lipinski definition) is 9. The summed E-state index contributed by atoms with van der Waals surface area (Å²) >= 11 is 0. The molecule has 0 aromatic heterocycles. The van der Waals surface area contributed by atoms with Crippen molar-refractivity contribution in [3.8, 4) is 0 Å². The molecule has 2 aliphatic carbocycles. The Labute approximate surface area is 230 Å². The van der Waals surface area contributed by atoms with Crippen molar-refractivity contribution in [2.45, 2.75) is 95.6 Å². The highest BCUT2D eigenvalue weighted by Gasteiger charge is 2.83. The van der Waals surface area contributed by atoms with Gasteiger partial charge in [-0.1, -0.05) is 43.7 Å². The summed E-state index contributed by atoms with van der Waals surface area (Å²) in [6.07, 6.45) is 8.00. The summed E-state index contributed by atoms with van der Waals surface area (Å²) in [6, 6.07) is 0. The molecule has 10 atom stereocenters. The Bertz CT molecular complexity index is 1040. The highest BCUT2D eigenvalue weighted by atomic mass is 16.6. The van der Waals surface area contributed by atoms with Gasteiger partial charge in [0.15, 0.2) is 6.10 Å². The second-order valence-electron chi connectivity index (χ2n) is 12.1. The molecule has 0 radical (unpaired) electrons. The van der Waals surface area contributed by atoms with E-state index in [0.717, 1.165) is 12.8 Å². The third-order valence-corrected chi connectivity index (χ3v) is 9.95. The predicted molar refractivity (Wildman–Crippen MR) is 141 cm³/mol. The minimum absolute atomic E-state index is 0.106.